The molecule has 0 aliphatic rings. The van der Waals surface area contributed by atoms with E-state index < -0.39 is 5.97 Å². The van der Waals surface area contributed by atoms with Crippen molar-refractivity contribution in [3.63, 3.8) is 0 Å². The maximum absolute atomic E-state index is 12.5. The first kappa shape index (κ1) is 14.9. The molecule has 0 spiro atoms. The molecule has 0 fully saturated rings. The lowest BCUT2D eigenvalue weighted by atomic mass is 10.1. The summed E-state index contributed by atoms with van der Waals surface area (Å²) in [6.07, 6.45) is 0. The zero-order valence-corrected chi connectivity index (χ0v) is 12.9. The normalized spacial score (nSPS) is 10.3. The van der Waals surface area contributed by atoms with Crippen LogP contribution < -0.4 is 14.2 Å². The molecule has 0 aromatic heterocycles. The molecule has 4 heteroatoms. The highest BCUT2D eigenvalue weighted by Crippen LogP contribution is 2.29. The second-order valence-electron chi connectivity index (χ2n) is 4.93. The molecule has 0 amide bonds. The fourth-order valence-corrected chi connectivity index (χ4v) is 2.41. The summed E-state index contributed by atoms with van der Waals surface area (Å²) >= 11 is 0. The lowest BCUT2D eigenvalue weighted by Crippen LogP contribution is -2.10. The lowest BCUT2D eigenvalue weighted by Gasteiger charge is -2.11. The molecule has 0 bridgehead atoms. The Labute approximate surface area is 134 Å². The summed E-state index contributed by atoms with van der Waals surface area (Å²) in [6.45, 7) is 0. The maximum Gasteiger partial charge on any atom is 0.347 e. The fourth-order valence-electron chi connectivity index (χ4n) is 2.41. The van der Waals surface area contributed by atoms with Crippen LogP contribution in [0.4, 0.5) is 0 Å². The van der Waals surface area contributed by atoms with Crippen LogP contribution in [0.5, 0.6) is 17.2 Å². The number of hydrogen-bond donors (Lipinski definition) is 0. The van der Waals surface area contributed by atoms with Gasteiger partial charge in [0.15, 0.2) is 0 Å². The van der Waals surface area contributed by atoms with E-state index >= 15 is 0 Å². The highest BCUT2D eigenvalue weighted by molar-refractivity contribution is 5.97. The van der Waals surface area contributed by atoms with Gasteiger partial charge >= 0.3 is 5.97 Å². The van der Waals surface area contributed by atoms with Gasteiger partial charge in [0.05, 0.1) is 14.2 Å². The molecule has 3 rings (SSSR count). The third-order valence-electron chi connectivity index (χ3n) is 3.58. The first-order valence-corrected chi connectivity index (χ1v) is 7.15. The molecule has 0 saturated carbocycles. The Morgan fingerprint density at radius 2 is 1.61 bits per heavy atom. The molecule has 0 heterocycles. The van der Waals surface area contributed by atoms with Crippen LogP contribution in [0.3, 0.4) is 0 Å². The Morgan fingerprint density at radius 3 is 2.39 bits per heavy atom. The topological polar surface area (TPSA) is 44.8 Å². The molecule has 0 N–H and O–H groups in total. The number of esters is 1. The molecule has 0 unspecified atom stereocenters. The van der Waals surface area contributed by atoms with Crippen LogP contribution >= 0.6 is 0 Å². The second kappa shape index (κ2) is 6.40. The number of ether oxygens (including phenoxy) is 3. The second-order valence-corrected chi connectivity index (χ2v) is 4.93. The Bertz CT molecular complexity index is 850. The van der Waals surface area contributed by atoms with E-state index in [1.807, 2.05) is 36.4 Å². The van der Waals surface area contributed by atoms with Gasteiger partial charge in [-0.3, -0.25) is 0 Å². The van der Waals surface area contributed by atoms with Crippen LogP contribution in [0.15, 0.2) is 60.7 Å². The number of methoxy groups -OCH3 is 2. The maximum atomic E-state index is 12.5. The number of hydrogen-bond acceptors (Lipinski definition) is 4. The van der Waals surface area contributed by atoms with Crippen molar-refractivity contribution in [1.29, 1.82) is 0 Å². The third kappa shape index (κ3) is 2.97. The molecule has 23 heavy (non-hydrogen) atoms. The van der Waals surface area contributed by atoms with Crippen molar-refractivity contribution in [3.05, 3.63) is 66.2 Å². The fraction of sp³-hybridized carbons (Fsp3) is 0.105. The third-order valence-corrected chi connectivity index (χ3v) is 3.58. The molecule has 116 valence electrons. The average molecular weight is 308 g/mol. The standard InChI is InChI=1S/C19H16O4/c1-21-14-10-11-16(18(12-14)22-2)19(20)23-17-9-5-7-13-6-3-4-8-15(13)17/h3-12H,1-2H3. The molecule has 0 aliphatic heterocycles. The summed E-state index contributed by atoms with van der Waals surface area (Å²) in [6, 6.07) is 18.3. The monoisotopic (exact) mass is 308 g/mol. The summed E-state index contributed by atoms with van der Waals surface area (Å²) in [4.78, 5) is 12.5. The van der Waals surface area contributed by atoms with E-state index in [9.17, 15) is 4.79 Å². The zero-order chi connectivity index (χ0) is 16.2. The van der Waals surface area contributed by atoms with Crippen LogP contribution in [-0.4, -0.2) is 20.2 Å². The van der Waals surface area contributed by atoms with E-state index in [1.54, 1.807) is 31.4 Å². The van der Waals surface area contributed by atoms with Gasteiger partial charge in [0.1, 0.15) is 22.8 Å². The van der Waals surface area contributed by atoms with E-state index in [-0.39, 0.29) is 0 Å². The summed E-state index contributed by atoms with van der Waals surface area (Å²) in [5.41, 5.74) is 0.348. The summed E-state index contributed by atoms with van der Waals surface area (Å²) in [5, 5.41) is 1.90. The van der Waals surface area contributed by atoms with Crippen LogP contribution in [-0.2, 0) is 0 Å². The van der Waals surface area contributed by atoms with Crippen molar-refractivity contribution in [3.8, 4) is 17.2 Å². The SMILES string of the molecule is COc1ccc(C(=O)Oc2cccc3ccccc23)c(OC)c1. The van der Waals surface area contributed by atoms with Gasteiger partial charge in [-0.25, -0.2) is 4.79 Å². The van der Waals surface area contributed by atoms with Crippen LogP contribution in [0.1, 0.15) is 10.4 Å². The number of carbonyl (C=O) groups is 1. The highest BCUT2D eigenvalue weighted by atomic mass is 16.5. The van der Waals surface area contributed by atoms with Crippen molar-refractivity contribution in [2.75, 3.05) is 14.2 Å². The van der Waals surface area contributed by atoms with Gasteiger partial charge < -0.3 is 14.2 Å². The minimum atomic E-state index is -0.471. The molecule has 4 nitrogen and oxygen atoms in total. The average Bonchev–Trinajstić information content (AvgIpc) is 2.61. The van der Waals surface area contributed by atoms with Gasteiger partial charge in [-0.1, -0.05) is 36.4 Å². The predicted octanol–water partition coefficient (Wildman–Crippen LogP) is 4.08. The molecular formula is C19H16O4. The van der Waals surface area contributed by atoms with Crippen LogP contribution in [0.2, 0.25) is 0 Å². The van der Waals surface area contributed by atoms with Crippen molar-refractivity contribution in [2.45, 2.75) is 0 Å². The Morgan fingerprint density at radius 1 is 0.826 bits per heavy atom. The van der Waals surface area contributed by atoms with Crippen molar-refractivity contribution < 1.29 is 19.0 Å². The van der Waals surface area contributed by atoms with Crippen molar-refractivity contribution in [2.24, 2.45) is 0 Å². The number of benzene rings is 3. The smallest absolute Gasteiger partial charge is 0.347 e. The summed E-state index contributed by atoms with van der Waals surface area (Å²) in [5.74, 6) is 1.07. The molecule has 0 saturated heterocycles. The van der Waals surface area contributed by atoms with Gasteiger partial charge in [0, 0.05) is 11.5 Å². The molecule has 0 atom stereocenters. The van der Waals surface area contributed by atoms with Gasteiger partial charge in [-0.15, -0.1) is 0 Å². The quantitative estimate of drug-likeness (QED) is 0.538. The highest BCUT2D eigenvalue weighted by Gasteiger charge is 2.16. The predicted molar refractivity (Wildman–Crippen MR) is 88.5 cm³/mol. The Kier molecular flexibility index (Phi) is 4.15. The minimum absolute atomic E-state index is 0.348. The van der Waals surface area contributed by atoms with Crippen LogP contribution in [0, 0.1) is 0 Å². The molecular weight excluding hydrogens is 292 g/mol. The van der Waals surface area contributed by atoms with Gasteiger partial charge in [-0.05, 0) is 23.6 Å². The van der Waals surface area contributed by atoms with E-state index in [0.717, 1.165) is 10.8 Å². The van der Waals surface area contributed by atoms with E-state index in [2.05, 4.69) is 0 Å². The van der Waals surface area contributed by atoms with E-state index in [0.29, 0.717) is 22.8 Å². The van der Waals surface area contributed by atoms with E-state index in [4.69, 9.17) is 14.2 Å². The van der Waals surface area contributed by atoms with E-state index in [1.165, 1.54) is 7.11 Å². The number of rotatable bonds is 4. The van der Waals surface area contributed by atoms with Gasteiger partial charge in [-0.2, -0.15) is 0 Å². The summed E-state index contributed by atoms with van der Waals surface area (Å²) < 4.78 is 16.0. The summed E-state index contributed by atoms with van der Waals surface area (Å²) in [7, 11) is 3.06. The molecule has 0 radical (unpaired) electrons. The molecule has 3 aromatic rings. The van der Waals surface area contributed by atoms with Crippen molar-refractivity contribution >= 4 is 16.7 Å². The molecule has 3 aromatic carbocycles. The van der Waals surface area contributed by atoms with Crippen molar-refractivity contribution in [1.82, 2.24) is 0 Å². The first-order chi connectivity index (χ1) is 11.2. The first-order valence-electron chi connectivity index (χ1n) is 7.15. The lowest BCUT2D eigenvalue weighted by molar-refractivity contribution is 0.0733. The zero-order valence-electron chi connectivity index (χ0n) is 12.9. The van der Waals surface area contributed by atoms with Gasteiger partial charge in [0.25, 0.3) is 0 Å². The molecule has 0 aliphatic carbocycles. The Balaban J connectivity index is 1.95. The minimum Gasteiger partial charge on any atom is -0.497 e. The number of carbonyl (C=O) groups excluding carboxylic acids is 1. The van der Waals surface area contributed by atoms with Crippen LogP contribution in [0.25, 0.3) is 10.8 Å². The largest absolute Gasteiger partial charge is 0.497 e. The Hall–Kier alpha value is -3.01. The number of fused-ring (bicyclic) bond motifs is 1. The van der Waals surface area contributed by atoms with Gasteiger partial charge in [0.2, 0.25) is 0 Å².